The maximum Gasteiger partial charge on any atom is 0.104 e. The highest BCUT2D eigenvalue weighted by molar-refractivity contribution is 5.79. The lowest BCUT2D eigenvalue weighted by Gasteiger charge is -2.13. The van der Waals surface area contributed by atoms with Crippen LogP contribution in [0.2, 0.25) is 0 Å². The lowest BCUT2D eigenvalue weighted by Crippen LogP contribution is -2.30. The second-order valence-corrected chi connectivity index (χ2v) is 4.42. The zero-order valence-electron chi connectivity index (χ0n) is 11.1. The van der Waals surface area contributed by atoms with Crippen LogP contribution in [0.5, 0.6) is 0 Å². The van der Waals surface area contributed by atoms with E-state index in [1.807, 2.05) is 42.5 Å². The lowest BCUT2D eigenvalue weighted by atomic mass is 10.2. The lowest BCUT2D eigenvalue weighted by molar-refractivity contribution is 0.285. The van der Waals surface area contributed by atoms with E-state index in [1.54, 1.807) is 23.4 Å². The number of benzene rings is 2. The molecule has 0 heterocycles. The molecule has 0 fully saturated rings. The molecule has 0 radical (unpaired) electrons. The second-order valence-electron chi connectivity index (χ2n) is 4.42. The van der Waals surface area contributed by atoms with E-state index in [0.29, 0.717) is 18.8 Å². The molecule has 0 atom stereocenters. The molecule has 0 unspecified atom stereocenters. The smallest absolute Gasteiger partial charge is 0.104 e. The topological polar surface area (TPSA) is 65.4 Å². The van der Waals surface area contributed by atoms with Crippen LogP contribution in [-0.2, 0) is 6.54 Å². The van der Waals surface area contributed by atoms with Gasteiger partial charge in [0.15, 0.2) is 0 Å². The van der Waals surface area contributed by atoms with Crippen LogP contribution in [-0.4, -0.2) is 17.9 Å². The Morgan fingerprint density at radius 1 is 1.10 bits per heavy atom. The van der Waals surface area contributed by atoms with Crippen LogP contribution in [0.25, 0.3) is 0 Å². The Balaban J connectivity index is 1.84. The van der Waals surface area contributed by atoms with E-state index in [4.69, 9.17) is 11.1 Å². The van der Waals surface area contributed by atoms with E-state index < -0.39 is 0 Å². The normalized spacial score (nSPS) is 10.8. The SMILES string of the molecule is N#Cc1ccc(/C=N/CN(N)Cc2ccccc2)cc1. The predicted molar refractivity (Wildman–Crippen MR) is 79.8 cm³/mol. The fourth-order valence-corrected chi connectivity index (χ4v) is 1.76. The summed E-state index contributed by atoms with van der Waals surface area (Å²) in [6.45, 7) is 1.08. The van der Waals surface area contributed by atoms with Gasteiger partial charge in [-0.15, -0.1) is 0 Å². The van der Waals surface area contributed by atoms with Crippen molar-refractivity contribution in [2.45, 2.75) is 6.54 Å². The number of hydrogen-bond donors (Lipinski definition) is 1. The van der Waals surface area contributed by atoms with Gasteiger partial charge in [-0.25, -0.2) is 5.01 Å². The minimum Gasteiger partial charge on any atom is -0.276 e. The highest BCUT2D eigenvalue weighted by Gasteiger charge is 1.98. The first kappa shape index (κ1) is 13.9. The molecule has 4 nitrogen and oxygen atoms in total. The van der Waals surface area contributed by atoms with Gasteiger partial charge in [-0.2, -0.15) is 5.26 Å². The molecule has 2 aromatic rings. The van der Waals surface area contributed by atoms with Gasteiger partial charge in [-0.1, -0.05) is 42.5 Å². The molecular weight excluding hydrogens is 248 g/mol. The number of rotatable bonds is 5. The molecule has 0 saturated carbocycles. The van der Waals surface area contributed by atoms with Crippen LogP contribution in [0.4, 0.5) is 0 Å². The molecule has 4 heteroatoms. The number of aliphatic imine (C=N–C) groups is 1. The van der Waals surface area contributed by atoms with Crippen LogP contribution in [0.3, 0.4) is 0 Å². The number of nitrogens with zero attached hydrogens (tertiary/aromatic N) is 3. The van der Waals surface area contributed by atoms with E-state index >= 15 is 0 Å². The molecule has 0 aromatic heterocycles. The largest absolute Gasteiger partial charge is 0.276 e. The standard InChI is InChI=1S/C16H16N4/c17-10-14-6-8-15(9-7-14)11-19-13-20(18)12-16-4-2-1-3-5-16/h1-9,11H,12-13,18H2/b19-11+. The Kier molecular flexibility index (Phi) is 5.01. The molecule has 0 amide bonds. The van der Waals surface area contributed by atoms with Crippen molar-refractivity contribution >= 4 is 6.21 Å². The third-order valence-electron chi connectivity index (χ3n) is 2.77. The van der Waals surface area contributed by atoms with Gasteiger partial charge in [-0.3, -0.25) is 10.8 Å². The molecule has 2 rings (SSSR count). The summed E-state index contributed by atoms with van der Waals surface area (Å²) in [5.41, 5.74) is 2.76. The van der Waals surface area contributed by atoms with Crippen LogP contribution >= 0.6 is 0 Å². The fraction of sp³-hybridized carbons (Fsp3) is 0.125. The Labute approximate surface area is 118 Å². The Morgan fingerprint density at radius 3 is 2.45 bits per heavy atom. The molecule has 0 saturated heterocycles. The van der Waals surface area contributed by atoms with Gasteiger partial charge in [-0.05, 0) is 23.3 Å². The van der Waals surface area contributed by atoms with Crippen molar-refractivity contribution in [3.63, 3.8) is 0 Å². The van der Waals surface area contributed by atoms with Crippen molar-refractivity contribution in [1.82, 2.24) is 5.01 Å². The third-order valence-corrected chi connectivity index (χ3v) is 2.77. The van der Waals surface area contributed by atoms with E-state index in [9.17, 15) is 0 Å². The van der Waals surface area contributed by atoms with E-state index in [0.717, 1.165) is 11.1 Å². The van der Waals surface area contributed by atoms with Crippen molar-refractivity contribution in [2.24, 2.45) is 10.8 Å². The second kappa shape index (κ2) is 7.19. The molecule has 2 aromatic carbocycles. The summed E-state index contributed by atoms with van der Waals surface area (Å²) in [7, 11) is 0. The molecule has 0 bridgehead atoms. The van der Waals surface area contributed by atoms with Crippen LogP contribution in [0.15, 0.2) is 59.6 Å². The fourth-order valence-electron chi connectivity index (χ4n) is 1.76. The van der Waals surface area contributed by atoms with Gasteiger partial charge >= 0.3 is 0 Å². The first-order valence-electron chi connectivity index (χ1n) is 6.31. The summed E-state index contributed by atoms with van der Waals surface area (Å²) >= 11 is 0. The Hall–Kier alpha value is -2.48. The summed E-state index contributed by atoms with van der Waals surface area (Å²) < 4.78 is 0. The zero-order valence-corrected chi connectivity index (χ0v) is 11.1. The maximum atomic E-state index is 8.71. The summed E-state index contributed by atoms with van der Waals surface area (Å²) in [5.74, 6) is 5.89. The average molecular weight is 264 g/mol. The van der Waals surface area contributed by atoms with Gasteiger partial charge in [0.2, 0.25) is 0 Å². The first-order chi connectivity index (χ1) is 9.78. The number of hydrazine groups is 1. The molecule has 0 spiro atoms. The van der Waals surface area contributed by atoms with Crippen molar-refractivity contribution in [2.75, 3.05) is 6.67 Å². The zero-order chi connectivity index (χ0) is 14.2. The van der Waals surface area contributed by atoms with E-state index in [-0.39, 0.29) is 0 Å². The summed E-state index contributed by atoms with van der Waals surface area (Å²) in [4.78, 5) is 4.29. The summed E-state index contributed by atoms with van der Waals surface area (Å²) in [6, 6.07) is 19.4. The predicted octanol–water partition coefficient (Wildman–Crippen LogP) is 2.31. The molecular formula is C16H16N4. The molecule has 0 aliphatic carbocycles. The first-order valence-corrected chi connectivity index (χ1v) is 6.31. The van der Waals surface area contributed by atoms with Gasteiger partial charge in [0.05, 0.1) is 11.6 Å². The van der Waals surface area contributed by atoms with Crippen LogP contribution in [0, 0.1) is 11.3 Å². The van der Waals surface area contributed by atoms with Gasteiger partial charge in [0.25, 0.3) is 0 Å². The number of nitriles is 1. The molecule has 20 heavy (non-hydrogen) atoms. The Morgan fingerprint density at radius 2 is 1.80 bits per heavy atom. The minimum atomic E-state index is 0.425. The minimum absolute atomic E-state index is 0.425. The molecule has 0 aliphatic heterocycles. The summed E-state index contributed by atoms with van der Waals surface area (Å²) in [6.07, 6.45) is 1.76. The highest BCUT2D eigenvalue weighted by atomic mass is 15.4. The highest BCUT2D eigenvalue weighted by Crippen LogP contribution is 2.02. The Bertz CT molecular complexity index is 597. The van der Waals surface area contributed by atoms with E-state index in [1.165, 1.54) is 0 Å². The quantitative estimate of drug-likeness (QED) is 0.512. The van der Waals surface area contributed by atoms with Crippen molar-refractivity contribution in [3.05, 3.63) is 71.3 Å². The van der Waals surface area contributed by atoms with Crippen molar-refractivity contribution < 1.29 is 0 Å². The summed E-state index contributed by atoms with van der Waals surface area (Å²) in [5, 5.41) is 10.4. The van der Waals surface area contributed by atoms with E-state index in [2.05, 4.69) is 11.1 Å². The monoisotopic (exact) mass is 264 g/mol. The average Bonchev–Trinajstić information content (AvgIpc) is 2.49. The molecule has 0 aliphatic rings. The van der Waals surface area contributed by atoms with Gasteiger partial charge in [0.1, 0.15) is 6.67 Å². The van der Waals surface area contributed by atoms with Gasteiger partial charge in [0, 0.05) is 12.8 Å². The maximum absolute atomic E-state index is 8.71. The number of nitrogens with two attached hydrogens (primary N) is 1. The van der Waals surface area contributed by atoms with Crippen molar-refractivity contribution in [3.8, 4) is 6.07 Å². The molecule has 2 N–H and O–H groups in total. The van der Waals surface area contributed by atoms with Gasteiger partial charge < -0.3 is 0 Å². The van der Waals surface area contributed by atoms with Crippen LogP contribution in [0.1, 0.15) is 16.7 Å². The van der Waals surface area contributed by atoms with Crippen LogP contribution < -0.4 is 5.84 Å². The molecule has 100 valence electrons. The third kappa shape index (κ3) is 4.32. The number of hydrogen-bond acceptors (Lipinski definition) is 4. The van der Waals surface area contributed by atoms with Crippen molar-refractivity contribution in [1.29, 1.82) is 5.26 Å².